The molecule has 0 spiro atoms. The highest BCUT2D eigenvalue weighted by molar-refractivity contribution is 5.93. The molecule has 1 aromatic heterocycles. The van der Waals surface area contributed by atoms with E-state index in [9.17, 15) is 4.79 Å². The first-order chi connectivity index (χ1) is 8.18. The Labute approximate surface area is 102 Å². The van der Waals surface area contributed by atoms with E-state index in [0.29, 0.717) is 23.4 Å². The number of aromatic nitrogens is 2. The number of hydrogen-bond acceptors (Lipinski definition) is 2. The largest absolute Gasteiger partial charge is 0.349 e. The molecule has 1 fully saturated rings. The molecule has 1 aliphatic rings. The molecule has 1 saturated carbocycles. The van der Waals surface area contributed by atoms with Gasteiger partial charge in [-0.2, -0.15) is 5.10 Å². The van der Waals surface area contributed by atoms with Crippen molar-refractivity contribution in [2.45, 2.75) is 45.6 Å². The van der Waals surface area contributed by atoms with E-state index in [1.807, 2.05) is 0 Å². The summed E-state index contributed by atoms with van der Waals surface area (Å²) in [6.07, 6.45) is 8.06. The molecule has 0 aromatic carbocycles. The molecule has 1 heterocycles. The number of nitrogens with one attached hydrogen (secondary N) is 2. The monoisotopic (exact) mass is 235 g/mol. The van der Waals surface area contributed by atoms with Gasteiger partial charge in [0.25, 0.3) is 5.91 Å². The minimum Gasteiger partial charge on any atom is -0.349 e. The minimum atomic E-state index is -0.00343. The number of H-pyrrole nitrogens is 1. The molecule has 1 amide bonds. The molecular formula is C13H21N3O. The van der Waals surface area contributed by atoms with Gasteiger partial charge in [0.2, 0.25) is 0 Å². The van der Waals surface area contributed by atoms with Crippen LogP contribution in [0.3, 0.4) is 0 Å². The SMILES string of the molecule is CC(C)C1CCCCC1NC(=O)c1cn[nH]c1. The van der Waals surface area contributed by atoms with E-state index >= 15 is 0 Å². The molecule has 0 radical (unpaired) electrons. The van der Waals surface area contributed by atoms with Gasteiger partial charge in [-0.15, -0.1) is 0 Å². The second kappa shape index (κ2) is 5.34. The highest BCUT2D eigenvalue weighted by atomic mass is 16.1. The zero-order valence-electron chi connectivity index (χ0n) is 10.6. The predicted molar refractivity (Wildman–Crippen MR) is 66.6 cm³/mol. The van der Waals surface area contributed by atoms with Crippen molar-refractivity contribution in [1.29, 1.82) is 0 Å². The summed E-state index contributed by atoms with van der Waals surface area (Å²) in [4.78, 5) is 12.0. The number of amides is 1. The Morgan fingerprint density at radius 1 is 1.47 bits per heavy atom. The molecule has 2 N–H and O–H groups in total. The zero-order chi connectivity index (χ0) is 12.3. The van der Waals surface area contributed by atoms with Crippen molar-refractivity contribution in [2.75, 3.05) is 0 Å². The quantitative estimate of drug-likeness (QED) is 0.845. The van der Waals surface area contributed by atoms with Crippen molar-refractivity contribution in [2.24, 2.45) is 11.8 Å². The van der Waals surface area contributed by atoms with E-state index in [2.05, 4.69) is 29.4 Å². The molecule has 0 saturated heterocycles. The Morgan fingerprint density at radius 3 is 2.88 bits per heavy atom. The topological polar surface area (TPSA) is 57.8 Å². The first kappa shape index (κ1) is 12.1. The molecule has 94 valence electrons. The number of carbonyl (C=O) groups is 1. The minimum absolute atomic E-state index is 0.00343. The second-order valence-electron chi connectivity index (χ2n) is 5.26. The molecule has 4 nitrogen and oxygen atoms in total. The summed E-state index contributed by atoms with van der Waals surface area (Å²) in [5.74, 6) is 1.24. The third-order valence-corrected chi connectivity index (χ3v) is 3.75. The van der Waals surface area contributed by atoms with Gasteiger partial charge in [0.15, 0.2) is 0 Å². The molecule has 17 heavy (non-hydrogen) atoms. The van der Waals surface area contributed by atoms with E-state index < -0.39 is 0 Å². The lowest BCUT2D eigenvalue weighted by molar-refractivity contribution is 0.0889. The molecule has 2 rings (SSSR count). The van der Waals surface area contributed by atoms with Gasteiger partial charge in [-0.05, 0) is 24.7 Å². The zero-order valence-corrected chi connectivity index (χ0v) is 10.6. The fraction of sp³-hybridized carbons (Fsp3) is 0.692. The average molecular weight is 235 g/mol. The normalized spacial score (nSPS) is 24.9. The van der Waals surface area contributed by atoms with E-state index in [1.165, 1.54) is 19.3 Å². The van der Waals surface area contributed by atoms with Gasteiger partial charge in [0, 0.05) is 12.2 Å². The van der Waals surface area contributed by atoms with Crippen LogP contribution < -0.4 is 5.32 Å². The van der Waals surface area contributed by atoms with Crippen LogP contribution in [0, 0.1) is 11.8 Å². The van der Waals surface area contributed by atoms with Gasteiger partial charge in [-0.3, -0.25) is 9.89 Å². The van der Waals surface area contributed by atoms with Crippen LogP contribution in [-0.4, -0.2) is 22.1 Å². The van der Waals surface area contributed by atoms with Crippen molar-refractivity contribution in [3.8, 4) is 0 Å². The fourth-order valence-corrected chi connectivity index (χ4v) is 2.76. The molecule has 0 aliphatic heterocycles. The Balaban J connectivity index is 1.98. The third-order valence-electron chi connectivity index (χ3n) is 3.75. The van der Waals surface area contributed by atoms with Crippen LogP contribution in [0.2, 0.25) is 0 Å². The molecule has 1 aliphatic carbocycles. The average Bonchev–Trinajstić information content (AvgIpc) is 2.83. The summed E-state index contributed by atoms with van der Waals surface area (Å²) >= 11 is 0. The Morgan fingerprint density at radius 2 is 2.24 bits per heavy atom. The van der Waals surface area contributed by atoms with E-state index in [1.54, 1.807) is 12.4 Å². The van der Waals surface area contributed by atoms with Gasteiger partial charge in [-0.1, -0.05) is 26.7 Å². The van der Waals surface area contributed by atoms with Crippen LogP contribution in [-0.2, 0) is 0 Å². The number of carbonyl (C=O) groups excluding carboxylic acids is 1. The standard InChI is InChI=1S/C13H21N3O/c1-9(2)11-5-3-4-6-12(11)16-13(17)10-7-14-15-8-10/h7-9,11-12H,3-6H2,1-2H3,(H,14,15)(H,16,17). The summed E-state index contributed by atoms with van der Waals surface area (Å²) in [5, 5.41) is 9.63. The number of rotatable bonds is 3. The van der Waals surface area contributed by atoms with Gasteiger partial charge < -0.3 is 5.32 Å². The maximum atomic E-state index is 12.0. The van der Waals surface area contributed by atoms with E-state index in [-0.39, 0.29) is 5.91 Å². The van der Waals surface area contributed by atoms with Crippen LogP contribution in [0.1, 0.15) is 49.9 Å². The molecule has 0 bridgehead atoms. The predicted octanol–water partition coefficient (Wildman–Crippen LogP) is 2.35. The van der Waals surface area contributed by atoms with Crippen LogP contribution in [0.15, 0.2) is 12.4 Å². The van der Waals surface area contributed by atoms with Crippen molar-refractivity contribution in [3.63, 3.8) is 0 Å². The van der Waals surface area contributed by atoms with E-state index in [4.69, 9.17) is 0 Å². The molecule has 4 heteroatoms. The van der Waals surface area contributed by atoms with Gasteiger partial charge >= 0.3 is 0 Å². The van der Waals surface area contributed by atoms with E-state index in [0.717, 1.165) is 6.42 Å². The summed E-state index contributed by atoms with van der Waals surface area (Å²) in [6.45, 7) is 4.49. The summed E-state index contributed by atoms with van der Waals surface area (Å²) in [5.41, 5.74) is 0.623. The van der Waals surface area contributed by atoms with Gasteiger partial charge in [0.05, 0.1) is 11.8 Å². The molecular weight excluding hydrogens is 214 g/mol. The lowest BCUT2D eigenvalue weighted by Gasteiger charge is -2.34. The van der Waals surface area contributed by atoms with Crippen molar-refractivity contribution >= 4 is 5.91 Å². The lowest BCUT2D eigenvalue weighted by atomic mass is 9.78. The number of aromatic amines is 1. The summed E-state index contributed by atoms with van der Waals surface area (Å²) in [6, 6.07) is 0.325. The maximum Gasteiger partial charge on any atom is 0.254 e. The van der Waals surface area contributed by atoms with Gasteiger partial charge in [-0.25, -0.2) is 0 Å². The maximum absolute atomic E-state index is 12.0. The molecule has 2 unspecified atom stereocenters. The Bertz CT molecular complexity index is 359. The van der Waals surface area contributed by atoms with Crippen molar-refractivity contribution in [1.82, 2.24) is 15.5 Å². The Kier molecular flexibility index (Phi) is 3.82. The molecule has 1 aromatic rings. The highest BCUT2D eigenvalue weighted by Gasteiger charge is 2.28. The second-order valence-corrected chi connectivity index (χ2v) is 5.26. The summed E-state index contributed by atoms with van der Waals surface area (Å²) in [7, 11) is 0. The van der Waals surface area contributed by atoms with Crippen molar-refractivity contribution in [3.05, 3.63) is 18.0 Å². The highest BCUT2D eigenvalue weighted by Crippen LogP contribution is 2.30. The first-order valence-electron chi connectivity index (χ1n) is 6.48. The lowest BCUT2D eigenvalue weighted by Crippen LogP contribution is -2.43. The fourth-order valence-electron chi connectivity index (χ4n) is 2.76. The van der Waals surface area contributed by atoms with Crippen LogP contribution in [0.5, 0.6) is 0 Å². The van der Waals surface area contributed by atoms with Crippen molar-refractivity contribution < 1.29 is 4.79 Å². The molecule has 2 atom stereocenters. The first-order valence-corrected chi connectivity index (χ1v) is 6.48. The summed E-state index contributed by atoms with van der Waals surface area (Å²) < 4.78 is 0. The Hall–Kier alpha value is -1.32. The van der Waals surface area contributed by atoms with Crippen LogP contribution in [0.4, 0.5) is 0 Å². The third kappa shape index (κ3) is 2.87. The number of hydrogen-bond donors (Lipinski definition) is 2. The van der Waals surface area contributed by atoms with Gasteiger partial charge in [0.1, 0.15) is 0 Å². The number of nitrogens with zero attached hydrogens (tertiary/aromatic N) is 1. The van der Waals surface area contributed by atoms with Crippen LogP contribution in [0.25, 0.3) is 0 Å². The van der Waals surface area contributed by atoms with Crippen LogP contribution >= 0.6 is 0 Å². The smallest absolute Gasteiger partial charge is 0.254 e.